The molecule has 104 valence electrons. The minimum atomic E-state index is 0.231. The molecule has 19 heavy (non-hydrogen) atoms. The Balaban J connectivity index is 2.23. The first kappa shape index (κ1) is 14.1. The fourth-order valence-corrected chi connectivity index (χ4v) is 3.19. The molecule has 0 aromatic heterocycles. The van der Waals surface area contributed by atoms with Crippen molar-refractivity contribution in [3.05, 3.63) is 28.8 Å². The van der Waals surface area contributed by atoms with Gasteiger partial charge in [-0.2, -0.15) is 0 Å². The maximum Gasteiger partial charge on any atom is 0.165 e. The molecule has 0 atom stereocenters. The van der Waals surface area contributed by atoms with Gasteiger partial charge < -0.3 is 4.74 Å². The summed E-state index contributed by atoms with van der Waals surface area (Å²) in [6.07, 6.45) is 7.08. The van der Waals surface area contributed by atoms with Crippen LogP contribution in [0.3, 0.4) is 0 Å². The Morgan fingerprint density at radius 2 is 1.58 bits per heavy atom. The Bertz CT molecular complexity index is 431. The molecule has 0 heterocycles. The third-order valence-corrected chi connectivity index (χ3v) is 4.17. The molecule has 0 saturated heterocycles. The van der Waals surface area contributed by atoms with Crippen LogP contribution in [0, 0.1) is 19.8 Å². The highest BCUT2D eigenvalue weighted by Crippen LogP contribution is 2.29. The SMILES string of the molecule is COc1c(C)cc(C(=O)C2CCCCCC2)cc1C. The first-order valence-electron chi connectivity index (χ1n) is 7.33. The molecule has 0 amide bonds. The number of aryl methyl sites for hydroxylation is 2. The van der Waals surface area contributed by atoms with Gasteiger partial charge in [0.2, 0.25) is 0 Å². The molecule has 0 radical (unpaired) electrons. The van der Waals surface area contributed by atoms with Crippen LogP contribution in [0.1, 0.15) is 60.0 Å². The van der Waals surface area contributed by atoms with Gasteiger partial charge in [0.25, 0.3) is 0 Å². The summed E-state index contributed by atoms with van der Waals surface area (Å²) in [7, 11) is 1.68. The van der Waals surface area contributed by atoms with Crippen LogP contribution in [0.4, 0.5) is 0 Å². The molecule has 1 aliphatic carbocycles. The summed E-state index contributed by atoms with van der Waals surface area (Å²) in [4.78, 5) is 12.6. The number of methoxy groups -OCH3 is 1. The van der Waals surface area contributed by atoms with E-state index >= 15 is 0 Å². The third kappa shape index (κ3) is 3.17. The number of carbonyl (C=O) groups excluding carboxylic acids is 1. The van der Waals surface area contributed by atoms with Crippen LogP contribution in [-0.4, -0.2) is 12.9 Å². The minimum Gasteiger partial charge on any atom is -0.496 e. The summed E-state index contributed by atoms with van der Waals surface area (Å²) >= 11 is 0. The van der Waals surface area contributed by atoms with Gasteiger partial charge in [0, 0.05) is 11.5 Å². The summed E-state index contributed by atoms with van der Waals surface area (Å²) in [5, 5.41) is 0. The van der Waals surface area contributed by atoms with Crippen molar-refractivity contribution in [2.75, 3.05) is 7.11 Å². The van der Waals surface area contributed by atoms with Crippen molar-refractivity contribution >= 4 is 5.78 Å². The molecule has 0 unspecified atom stereocenters. The molecule has 1 aromatic carbocycles. The van der Waals surface area contributed by atoms with E-state index in [9.17, 15) is 4.79 Å². The van der Waals surface area contributed by atoms with E-state index in [0.717, 1.165) is 35.3 Å². The molecule has 2 heteroatoms. The Hall–Kier alpha value is -1.31. The normalized spacial score (nSPS) is 17.0. The molecule has 0 N–H and O–H groups in total. The van der Waals surface area contributed by atoms with Gasteiger partial charge in [-0.25, -0.2) is 0 Å². The van der Waals surface area contributed by atoms with Crippen LogP contribution in [0.15, 0.2) is 12.1 Å². The highest BCUT2D eigenvalue weighted by molar-refractivity contribution is 5.98. The molecular formula is C17H24O2. The van der Waals surface area contributed by atoms with E-state index in [-0.39, 0.29) is 5.92 Å². The first-order valence-corrected chi connectivity index (χ1v) is 7.33. The van der Waals surface area contributed by atoms with Crippen LogP contribution in [0.2, 0.25) is 0 Å². The Kier molecular flexibility index (Phi) is 4.62. The number of ether oxygens (including phenoxy) is 1. The predicted molar refractivity (Wildman–Crippen MR) is 78.0 cm³/mol. The fraction of sp³-hybridized carbons (Fsp3) is 0.588. The van der Waals surface area contributed by atoms with Crippen molar-refractivity contribution in [2.24, 2.45) is 5.92 Å². The molecule has 1 aromatic rings. The summed E-state index contributed by atoms with van der Waals surface area (Å²) in [5.41, 5.74) is 2.97. The van der Waals surface area contributed by atoms with Gasteiger partial charge in [0.1, 0.15) is 5.75 Å². The van der Waals surface area contributed by atoms with E-state index in [0.29, 0.717) is 5.78 Å². The third-order valence-electron chi connectivity index (χ3n) is 4.17. The lowest BCUT2D eigenvalue weighted by Gasteiger charge is -2.15. The van der Waals surface area contributed by atoms with Crippen molar-refractivity contribution in [1.29, 1.82) is 0 Å². The van der Waals surface area contributed by atoms with Crippen molar-refractivity contribution in [2.45, 2.75) is 52.4 Å². The summed E-state index contributed by atoms with van der Waals surface area (Å²) in [6.45, 7) is 4.02. The van der Waals surface area contributed by atoms with E-state index in [1.807, 2.05) is 26.0 Å². The Labute approximate surface area is 116 Å². The highest BCUT2D eigenvalue weighted by atomic mass is 16.5. The van der Waals surface area contributed by atoms with Gasteiger partial charge in [0.15, 0.2) is 5.78 Å². The van der Waals surface area contributed by atoms with Crippen molar-refractivity contribution in [3.8, 4) is 5.75 Å². The first-order chi connectivity index (χ1) is 9.13. The second-order valence-corrected chi connectivity index (χ2v) is 5.70. The number of Topliss-reactive ketones (excluding diaryl/α,β-unsaturated/α-hetero) is 1. The maximum absolute atomic E-state index is 12.6. The lowest BCUT2D eigenvalue weighted by molar-refractivity contribution is 0.0907. The van der Waals surface area contributed by atoms with Gasteiger partial charge in [-0.15, -0.1) is 0 Å². The molecule has 0 spiro atoms. The average molecular weight is 260 g/mol. The molecular weight excluding hydrogens is 236 g/mol. The van der Waals surface area contributed by atoms with Crippen molar-refractivity contribution < 1.29 is 9.53 Å². The van der Waals surface area contributed by atoms with Gasteiger partial charge in [0.05, 0.1) is 7.11 Å². The van der Waals surface area contributed by atoms with E-state index < -0.39 is 0 Å². The molecule has 0 bridgehead atoms. The van der Waals surface area contributed by atoms with Gasteiger partial charge in [-0.05, 0) is 49.9 Å². The van der Waals surface area contributed by atoms with E-state index in [2.05, 4.69) is 0 Å². The van der Waals surface area contributed by atoms with Gasteiger partial charge in [-0.3, -0.25) is 4.79 Å². The monoisotopic (exact) mass is 260 g/mol. The average Bonchev–Trinajstić information content (AvgIpc) is 2.66. The van der Waals surface area contributed by atoms with E-state index in [1.54, 1.807) is 7.11 Å². The zero-order valence-electron chi connectivity index (χ0n) is 12.3. The summed E-state index contributed by atoms with van der Waals surface area (Å²) in [6, 6.07) is 3.97. The summed E-state index contributed by atoms with van der Waals surface area (Å²) < 4.78 is 5.36. The molecule has 1 aliphatic rings. The van der Waals surface area contributed by atoms with Crippen LogP contribution < -0.4 is 4.74 Å². The lowest BCUT2D eigenvalue weighted by atomic mass is 9.89. The Morgan fingerprint density at radius 3 is 2.05 bits per heavy atom. The largest absolute Gasteiger partial charge is 0.496 e. The number of hydrogen-bond acceptors (Lipinski definition) is 2. The smallest absolute Gasteiger partial charge is 0.165 e. The molecule has 2 rings (SSSR count). The predicted octanol–water partition coefficient (Wildman–Crippen LogP) is 4.47. The van der Waals surface area contributed by atoms with Crippen molar-refractivity contribution in [3.63, 3.8) is 0 Å². The van der Waals surface area contributed by atoms with Crippen LogP contribution in [-0.2, 0) is 0 Å². The molecule has 1 fully saturated rings. The lowest BCUT2D eigenvalue weighted by Crippen LogP contribution is -2.14. The number of hydrogen-bond donors (Lipinski definition) is 0. The second kappa shape index (κ2) is 6.23. The van der Waals surface area contributed by atoms with E-state index in [1.165, 1.54) is 25.7 Å². The van der Waals surface area contributed by atoms with Crippen LogP contribution in [0.25, 0.3) is 0 Å². The Morgan fingerprint density at radius 1 is 1.05 bits per heavy atom. The zero-order valence-corrected chi connectivity index (χ0v) is 12.3. The highest BCUT2D eigenvalue weighted by Gasteiger charge is 2.22. The molecule has 1 saturated carbocycles. The minimum absolute atomic E-state index is 0.231. The van der Waals surface area contributed by atoms with Crippen LogP contribution in [0.5, 0.6) is 5.75 Å². The quantitative estimate of drug-likeness (QED) is 0.592. The molecule has 0 aliphatic heterocycles. The number of ketones is 1. The van der Waals surface area contributed by atoms with Crippen molar-refractivity contribution in [1.82, 2.24) is 0 Å². The van der Waals surface area contributed by atoms with E-state index in [4.69, 9.17) is 4.74 Å². The van der Waals surface area contributed by atoms with Gasteiger partial charge in [-0.1, -0.05) is 25.7 Å². The summed E-state index contributed by atoms with van der Waals surface area (Å²) in [5.74, 6) is 1.46. The number of benzene rings is 1. The molecule has 2 nitrogen and oxygen atoms in total. The number of carbonyl (C=O) groups is 1. The van der Waals surface area contributed by atoms with Crippen LogP contribution >= 0.6 is 0 Å². The standard InChI is InChI=1S/C17H24O2/c1-12-10-15(11-13(2)17(12)19-3)16(18)14-8-6-4-5-7-9-14/h10-11,14H,4-9H2,1-3H3. The number of rotatable bonds is 3. The maximum atomic E-state index is 12.6. The second-order valence-electron chi connectivity index (χ2n) is 5.70. The fourth-order valence-electron chi connectivity index (χ4n) is 3.19. The van der Waals surface area contributed by atoms with Gasteiger partial charge >= 0.3 is 0 Å². The topological polar surface area (TPSA) is 26.3 Å². The zero-order chi connectivity index (χ0) is 13.8.